The molecular formula is C20H14ClFN4O2S. The summed E-state index contributed by atoms with van der Waals surface area (Å²) in [6.45, 7) is 0. The van der Waals surface area contributed by atoms with Gasteiger partial charge in [-0.3, -0.25) is 4.79 Å². The van der Waals surface area contributed by atoms with Gasteiger partial charge < -0.3 is 10.6 Å². The minimum atomic E-state index is -0.473. The van der Waals surface area contributed by atoms with Crippen molar-refractivity contribution in [1.82, 2.24) is 9.78 Å². The average molecular weight is 429 g/mol. The van der Waals surface area contributed by atoms with Crippen molar-refractivity contribution in [2.45, 2.75) is 6.42 Å². The fourth-order valence-electron chi connectivity index (χ4n) is 2.78. The summed E-state index contributed by atoms with van der Waals surface area (Å²) in [5, 5.41) is 12.7. The van der Waals surface area contributed by atoms with E-state index in [1.54, 1.807) is 42.5 Å². The molecule has 0 aliphatic rings. The van der Waals surface area contributed by atoms with Gasteiger partial charge in [0.1, 0.15) is 10.6 Å². The van der Waals surface area contributed by atoms with E-state index in [1.165, 1.54) is 28.2 Å². The number of carbonyl (C=O) groups is 2. The lowest BCUT2D eigenvalue weighted by Crippen LogP contribution is -2.21. The van der Waals surface area contributed by atoms with Crippen LogP contribution in [0.1, 0.15) is 5.56 Å². The van der Waals surface area contributed by atoms with Crippen molar-refractivity contribution >= 4 is 56.6 Å². The Bertz CT molecular complexity index is 1200. The van der Waals surface area contributed by atoms with Gasteiger partial charge in [0.2, 0.25) is 5.91 Å². The van der Waals surface area contributed by atoms with Crippen LogP contribution in [0.4, 0.5) is 20.7 Å². The first-order valence-corrected chi connectivity index (χ1v) is 9.83. The van der Waals surface area contributed by atoms with Crippen LogP contribution in [0.2, 0.25) is 5.02 Å². The standard InChI is InChI=1S/C20H14ClFN4O2S/c21-13-2-1-3-15(11-13)23-20(28)26-19-16(8-9-29-19)18(25-26)24-17(27)10-12-4-6-14(22)7-5-12/h1-9,11H,10H2,(H,23,28)(H,24,25,27). The van der Waals surface area contributed by atoms with E-state index in [0.717, 1.165) is 0 Å². The molecule has 0 fully saturated rings. The quantitative estimate of drug-likeness (QED) is 0.472. The van der Waals surface area contributed by atoms with Crippen LogP contribution in [0.5, 0.6) is 0 Å². The number of thiophene rings is 1. The molecule has 0 radical (unpaired) electrons. The molecule has 4 aromatic rings. The van der Waals surface area contributed by atoms with Gasteiger partial charge in [-0.15, -0.1) is 16.4 Å². The van der Waals surface area contributed by atoms with Crippen molar-refractivity contribution in [3.05, 3.63) is 76.4 Å². The summed E-state index contributed by atoms with van der Waals surface area (Å²) in [5.74, 6) is -0.391. The minimum absolute atomic E-state index is 0.0630. The zero-order valence-electron chi connectivity index (χ0n) is 14.9. The third-order valence-corrected chi connectivity index (χ3v) is 5.22. The zero-order chi connectivity index (χ0) is 20.4. The number of rotatable bonds is 4. The van der Waals surface area contributed by atoms with Gasteiger partial charge in [-0.05, 0) is 47.3 Å². The number of hydrogen-bond donors (Lipinski definition) is 2. The SMILES string of the molecule is O=C(Cc1ccc(F)cc1)Nc1nn(C(=O)Nc2cccc(Cl)c2)c2sccc12. The van der Waals surface area contributed by atoms with Crippen molar-refractivity contribution in [1.29, 1.82) is 0 Å². The number of hydrogen-bond acceptors (Lipinski definition) is 4. The summed E-state index contributed by atoms with van der Waals surface area (Å²) in [7, 11) is 0. The molecule has 0 unspecified atom stereocenters. The van der Waals surface area contributed by atoms with Gasteiger partial charge >= 0.3 is 6.03 Å². The van der Waals surface area contributed by atoms with Gasteiger partial charge in [0.05, 0.1) is 11.8 Å². The molecule has 0 saturated carbocycles. The molecule has 0 saturated heterocycles. The van der Waals surface area contributed by atoms with Crippen molar-refractivity contribution in [2.24, 2.45) is 0 Å². The van der Waals surface area contributed by atoms with Crippen molar-refractivity contribution in [3.63, 3.8) is 0 Å². The van der Waals surface area contributed by atoms with E-state index in [-0.39, 0.29) is 24.0 Å². The second kappa shape index (κ2) is 8.02. The van der Waals surface area contributed by atoms with E-state index in [4.69, 9.17) is 11.6 Å². The van der Waals surface area contributed by atoms with Crippen LogP contribution in [-0.4, -0.2) is 21.7 Å². The van der Waals surface area contributed by atoms with Gasteiger partial charge in [0, 0.05) is 10.7 Å². The van der Waals surface area contributed by atoms with Crippen LogP contribution >= 0.6 is 22.9 Å². The summed E-state index contributed by atoms with van der Waals surface area (Å²) in [4.78, 5) is 25.6. The highest BCUT2D eigenvalue weighted by Crippen LogP contribution is 2.28. The smallest absolute Gasteiger partial charge is 0.308 e. The van der Waals surface area contributed by atoms with Crippen LogP contribution in [0, 0.1) is 5.82 Å². The molecule has 2 amide bonds. The Hall–Kier alpha value is -3.23. The number of anilines is 2. The summed E-state index contributed by atoms with van der Waals surface area (Å²) in [6.07, 6.45) is 0.0630. The van der Waals surface area contributed by atoms with Crippen LogP contribution < -0.4 is 10.6 Å². The maximum atomic E-state index is 13.0. The highest BCUT2D eigenvalue weighted by Gasteiger charge is 2.18. The minimum Gasteiger partial charge on any atom is -0.308 e. The molecule has 2 heterocycles. The van der Waals surface area contributed by atoms with E-state index in [1.807, 2.05) is 5.38 Å². The molecule has 0 bridgehead atoms. The van der Waals surface area contributed by atoms with Crippen molar-refractivity contribution in [3.8, 4) is 0 Å². The molecule has 0 atom stereocenters. The Labute approximate surface area is 173 Å². The topological polar surface area (TPSA) is 76.0 Å². The summed E-state index contributed by atoms with van der Waals surface area (Å²) >= 11 is 7.28. The Morgan fingerprint density at radius 3 is 2.66 bits per heavy atom. The van der Waals surface area contributed by atoms with E-state index in [0.29, 0.717) is 26.5 Å². The molecule has 0 aliphatic carbocycles. The van der Waals surface area contributed by atoms with E-state index in [9.17, 15) is 14.0 Å². The van der Waals surface area contributed by atoms with Gasteiger partial charge in [-0.25, -0.2) is 9.18 Å². The van der Waals surface area contributed by atoms with Gasteiger partial charge in [-0.2, -0.15) is 4.68 Å². The lowest BCUT2D eigenvalue weighted by molar-refractivity contribution is -0.115. The molecule has 146 valence electrons. The third-order valence-electron chi connectivity index (χ3n) is 4.10. The fraction of sp³-hybridized carbons (Fsp3) is 0.0500. The van der Waals surface area contributed by atoms with Crippen LogP contribution in [0.3, 0.4) is 0 Å². The fourth-order valence-corrected chi connectivity index (χ4v) is 3.82. The number of halogens is 2. The van der Waals surface area contributed by atoms with Crippen LogP contribution in [0.25, 0.3) is 10.2 Å². The predicted molar refractivity (Wildman–Crippen MR) is 112 cm³/mol. The van der Waals surface area contributed by atoms with Gasteiger partial charge in [0.25, 0.3) is 0 Å². The van der Waals surface area contributed by atoms with Gasteiger partial charge in [0.15, 0.2) is 5.82 Å². The molecule has 2 N–H and O–H groups in total. The summed E-state index contributed by atoms with van der Waals surface area (Å²) < 4.78 is 14.2. The number of nitrogens with zero attached hydrogens (tertiary/aromatic N) is 2. The molecule has 0 aliphatic heterocycles. The average Bonchev–Trinajstić information content (AvgIpc) is 3.27. The summed E-state index contributed by atoms with van der Waals surface area (Å²) in [5.41, 5.74) is 1.20. The molecule has 2 aromatic carbocycles. The highest BCUT2D eigenvalue weighted by molar-refractivity contribution is 7.17. The first-order valence-electron chi connectivity index (χ1n) is 8.57. The Morgan fingerprint density at radius 2 is 1.90 bits per heavy atom. The number of fused-ring (bicyclic) bond motifs is 1. The van der Waals surface area contributed by atoms with Gasteiger partial charge in [-0.1, -0.05) is 29.8 Å². The second-order valence-electron chi connectivity index (χ2n) is 6.19. The van der Waals surface area contributed by atoms with Crippen molar-refractivity contribution < 1.29 is 14.0 Å². The predicted octanol–water partition coefficient (Wildman–Crippen LogP) is 5.15. The molecular weight excluding hydrogens is 415 g/mol. The maximum Gasteiger partial charge on any atom is 0.347 e. The number of aromatic nitrogens is 2. The number of benzene rings is 2. The second-order valence-corrected chi connectivity index (χ2v) is 7.52. The van der Waals surface area contributed by atoms with Crippen molar-refractivity contribution in [2.75, 3.05) is 10.6 Å². The van der Waals surface area contributed by atoms with Crippen LogP contribution in [-0.2, 0) is 11.2 Å². The Balaban J connectivity index is 1.53. The Kier molecular flexibility index (Phi) is 5.28. The maximum absolute atomic E-state index is 13.0. The molecule has 9 heteroatoms. The number of amides is 2. The number of nitrogens with one attached hydrogen (secondary N) is 2. The molecule has 0 spiro atoms. The lowest BCUT2D eigenvalue weighted by Gasteiger charge is -2.05. The molecule has 2 aromatic heterocycles. The number of carbonyl (C=O) groups excluding carboxylic acids is 2. The van der Waals surface area contributed by atoms with E-state index in [2.05, 4.69) is 15.7 Å². The van der Waals surface area contributed by atoms with E-state index >= 15 is 0 Å². The highest BCUT2D eigenvalue weighted by atomic mass is 35.5. The third kappa shape index (κ3) is 4.28. The first-order chi connectivity index (χ1) is 14.0. The largest absolute Gasteiger partial charge is 0.347 e. The zero-order valence-corrected chi connectivity index (χ0v) is 16.4. The molecule has 29 heavy (non-hydrogen) atoms. The molecule has 4 rings (SSSR count). The normalized spacial score (nSPS) is 10.8. The first kappa shape index (κ1) is 19.1. The monoisotopic (exact) mass is 428 g/mol. The molecule has 6 nitrogen and oxygen atoms in total. The van der Waals surface area contributed by atoms with E-state index < -0.39 is 6.03 Å². The summed E-state index contributed by atoms with van der Waals surface area (Å²) in [6, 6.07) is 13.8. The van der Waals surface area contributed by atoms with Crippen LogP contribution in [0.15, 0.2) is 60.0 Å². The Morgan fingerprint density at radius 1 is 1.10 bits per heavy atom. The lowest BCUT2D eigenvalue weighted by atomic mass is 10.1.